The second-order valence-electron chi connectivity index (χ2n) is 10.0. The van der Waals surface area contributed by atoms with Crippen molar-refractivity contribution in [2.75, 3.05) is 0 Å². The molecule has 0 radical (unpaired) electrons. The van der Waals surface area contributed by atoms with Crippen molar-refractivity contribution < 1.29 is 22.0 Å². The molecule has 0 rings (SSSR count). The molecule has 0 amide bonds. The fourth-order valence-electron chi connectivity index (χ4n) is 2.98. The highest BCUT2D eigenvalue weighted by atomic mass is 28.4. The van der Waals surface area contributed by atoms with Gasteiger partial charge in [0, 0.05) is 11.6 Å². The third kappa shape index (κ3) is 7.48. The Hall–Kier alpha value is 0.361. The smallest absolute Gasteiger partial charge is 0.388 e. The summed E-state index contributed by atoms with van der Waals surface area (Å²) in [7, 11) is -6.51. The molecule has 2 nitrogen and oxygen atoms in total. The SMILES string of the molecule is CCC(C)(O[Si](C)(CCC(F)(F)F)C(C)(C)O[Si](C)(C)C)[Si](C)(C)C. The first kappa shape index (κ1) is 25.4. The van der Waals surface area contributed by atoms with Crippen LogP contribution in [0.4, 0.5) is 13.2 Å². The van der Waals surface area contributed by atoms with Crippen LogP contribution in [0.3, 0.4) is 0 Å². The fraction of sp³-hybridized carbons (Fsp3) is 1.00. The molecule has 8 heteroatoms. The van der Waals surface area contributed by atoms with Gasteiger partial charge in [0.1, 0.15) is 0 Å². The van der Waals surface area contributed by atoms with Crippen LogP contribution >= 0.6 is 0 Å². The maximum absolute atomic E-state index is 13.0. The van der Waals surface area contributed by atoms with E-state index < -0.39 is 42.5 Å². The molecule has 0 aromatic heterocycles. The normalized spacial score (nSPS) is 19.4. The molecule has 0 aliphatic carbocycles. The lowest BCUT2D eigenvalue weighted by Crippen LogP contribution is -2.66. The van der Waals surface area contributed by atoms with E-state index in [4.69, 9.17) is 8.85 Å². The molecule has 0 N–H and O–H groups in total. The molecule has 0 aliphatic rings. The highest BCUT2D eigenvalue weighted by Gasteiger charge is 2.54. The molecule has 0 aromatic rings. The summed E-state index contributed by atoms with van der Waals surface area (Å²) in [6, 6.07) is 0.0358. The molecule has 0 aromatic carbocycles. The summed E-state index contributed by atoms with van der Waals surface area (Å²) in [6.45, 7) is 22.9. The van der Waals surface area contributed by atoms with Crippen LogP contribution < -0.4 is 0 Å². The van der Waals surface area contributed by atoms with Crippen LogP contribution in [0, 0.1) is 0 Å². The van der Waals surface area contributed by atoms with Gasteiger partial charge in [-0.25, -0.2) is 0 Å². The standard InChI is InChI=1S/C17H39F3O2Si3/c1-12-16(4,23(5,6)7)22-25(11,14-13-17(18,19)20)15(2,3)21-24(8,9)10/h12-14H2,1-11H3. The Morgan fingerprint density at radius 1 is 0.800 bits per heavy atom. The second-order valence-corrected chi connectivity index (χ2v) is 24.4. The largest absolute Gasteiger partial charge is 0.413 e. The summed E-state index contributed by atoms with van der Waals surface area (Å²) in [5.74, 6) is 0. The van der Waals surface area contributed by atoms with Crippen LogP contribution in [0.25, 0.3) is 0 Å². The van der Waals surface area contributed by atoms with Gasteiger partial charge in [-0.15, -0.1) is 0 Å². The first-order valence-corrected chi connectivity index (χ1v) is 18.7. The van der Waals surface area contributed by atoms with Gasteiger partial charge < -0.3 is 8.85 Å². The van der Waals surface area contributed by atoms with Crippen molar-refractivity contribution in [3.05, 3.63) is 0 Å². The average Bonchev–Trinajstić information content (AvgIpc) is 2.31. The van der Waals surface area contributed by atoms with Gasteiger partial charge in [-0.2, -0.15) is 13.2 Å². The average molecular weight is 417 g/mol. The number of hydrogen-bond acceptors (Lipinski definition) is 2. The molecule has 2 unspecified atom stereocenters. The Balaban J connectivity index is 5.91. The van der Waals surface area contributed by atoms with Crippen LogP contribution in [0.1, 0.15) is 40.5 Å². The van der Waals surface area contributed by atoms with E-state index >= 15 is 0 Å². The van der Waals surface area contributed by atoms with Crippen molar-refractivity contribution in [1.29, 1.82) is 0 Å². The predicted octanol–water partition coefficient (Wildman–Crippen LogP) is 6.75. The maximum atomic E-state index is 13.0. The first-order valence-electron chi connectivity index (χ1n) is 9.15. The van der Waals surface area contributed by atoms with Crippen molar-refractivity contribution in [2.45, 2.75) is 109 Å². The van der Waals surface area contributed by atoms with Crippen molar-refractivity contribution in [3.8, 4) is 0 Å². The topological polar surface area (TPSA) is 18.5 Å². The van der Waals surface area contributed by atoms with Crippen LogP contribution in [0.15, 0.2) is 0 Å². The quantitative estimate of drug-likeness (QED) is 0.387. The summed E-state index contributed by atoms with van der Waals surface area (Å²) < 4.78 is 52.1. The molecule has 0 aliphatic heterocycles. The number of alkyl halides is 3. The van der Waals surface area contributed by atoms with Crippen molar-refractivity contribution in [2.24, 2.45) is 0 Å². The molecule has 2 atom stereocenters. The lowest BCUT2D eigenvalue weighted by atomic mass is 10.3. The lowest BCUT2D eigenvalue weighted by Gasteiger charge is -2.52. The third-order valence-corrected chi connectivity index (χ3v) is 15.3. The summed E-state index contributed by atoms with van der Waals surface area (Å²) in [4.78, 5) is 0. The van der Waals surface area contributed by atoms with E-state index in [9.17, 15) is 13.2 Å². The Bertz CT molecular complexity index is 442. The van der Waals surface area contributed by atoms with Gasteiger partial charge in [0.2, 0.25) is 8.32 Å². The summed E-state index contributed by atoms with van der Waals surface area (Å²) in [5, 5.41) is -1.03. The third-order valence-electron chi connectivity index (χ3n) is 5.43. The lowest BCUT2D eigenvalue weighted by molar-refractivity contribution is -0.131. The summed E-state index contributed by atoms with van der Waals surface area (Å²) >= 11 is 0. The molecule has 0 saturated carbocycles. The minimum absolute atomic E-state index is 0.0358. The minimum Gasteiger partial charge on any atom is -0.413 e. The molecule has 0 bridgehead atoms. The van der Waals surface area contributed by atoms with Gasteiger partial charge in [-0.3, -0.25) is 0 Å². The Labute approximate surface area is 156 Å². The molecule has 0 saturated heterocycles. The van der Waals surface area contributed by atoms with Crippen molar-refractivity contribution in [3.63, 3.8) is 0 Å². The molecular weight excluding hydrogens is 377 g/mol. The van der Waals surface area contributed by atoms with Crippen LogP contribution in [-0.4, -0.2) is 41.3 Å². The van der Waals surface area contributed by atoms with Crippen molar-refractivity contribution >= 4 is 24.7 Å². The molecule has 25 heavy (non-hydrogen) atoms. The van der Waals surface area contributed by atoms with Gasteiger partial charge in [0.15, 0.2) is 8.32 Å². The monoisotopic (exact) mass is 416 g/mol. The van der Waals surface area contributed by atoms with Crippen LogP contribution in [0.5, 0.6) is 0 Å². The highest BCUT2D eigenvalue weighted by molar-refractivity contribution is 6.82. The van der Waals surface area contributed by atoms with E-state index in [1.165, 1.54) is 0 Å². The van der Waals surface area contributed by atoms with Gasteiger partial charge in [0.05, 0.1) is 13.3 Å². The second kappa shape index (κ2) is 7.77. The predicted molar refractivity (Wildman–Crippen MR) is 109 cm³/mol. The van der Waals surface area contributed by atoms with E-state index in [-0.39, 0.29) is 11.3 Å². The first-order chi connectivity index (χ1) is 10.7. The number of halogens is 3. The Kier molecular flexibility index (Phi) is 7.88. The zero-order valence-corrected chi connectivity index (χ0v) is 21.1. The minimum atomic E-state index is -4.17. The van der Waals surface area contributed by atoms with Crippen LogP contribution in [0.2, 0.25) is 51.9 Å². The number of hydrogen-bond donors (Lipinski definition) is 0. The van der Waals surface area contributed by atoms with Gasteiger partial charge in [0.25, 0.3) is 0 Å². The van der Waals surface area contributed by atoms with Crippen LogP contribution in [-0.2, 0) is 8.85 Å². The molecule has 152 valence electrons. The highest BCUT2D eigenvalue weighted by Crippen LogP contribution is 2.41. The van der Waals surface area contributed by atoms with E-state index in [1.807, 2.05) is 20.4 Å². The molecule has 0 heterocycles. The van der Waals surface area contributed by atoms with E-state index in [2.05, 4.69) is 53.1 Å². The fourth-order valence-corrected chi connectivity index (χ4v) is 12.1. The summed E-state index contributed by atoms with van der Waals surface area (Å²) in [5.41, 5.74) is 0. The molecule has 0 fully saturated rings. The number of rotatable bonds is 9. The van der Waals surface area contributed by atoms with Gasteiger partial charge in [-0.1, -0.05) is 26.6 Å². The Morgan fingerprint density at radius 2 is 1.24 bits per heavy atom. The maximum Gasteiger partial charge on any atom is 0.388 e. The summed E-state index contributed by atoms with van der Waals surface area (Å²) in [6.07, 6.45) is -4.17. The zero-order chi connectivity index (χ0) is 20.5. The van der Waals surface area contributed by atoms with Gasteiger partial charge in [-0.05, 0) is 59.4 Å². The van der Waals surface area contributed by atoms with Gasteiger partial charge >= 0.3 is 6.18 Å². The van der Waals surface area contributed by atoms with E-state index in [0.717, 1.165) is 6.42 Å². The van der Waals surface area contributed by atoms with Crippen molar-refractivity contribution in [1.82, 2.24) is 0 Å². The Morgan fingerprint density at radius 3 is 1.52 bits per heavy atom. The van der Waals surface area contributed by atoms with E-state index in [0.29, 0.717) is 0 Å². The van der Waals surface area contributed by atoms with E-state index in [1.54, 1.807) is 0 Å². The molecular formula is C17H39F3O2Si3. The zero-order valence-electron chi connectivity index (χ0n) is 18.1. The molecule has 0 spiro atoms.